The van der Waals surface area contributed by atoms with Gasteiger partial charge in [0.1, 0.15) is 0 Å². The molecule has 80 valence electrons. The molecule has 1 rings (SSSR count). The molecule has 0 aliphatic heterocycles. The number of aliphatic hydroxyl groups is 1. The largest absolute Gasteiger partial charge is 0.414 e. The van der Waals surface area contributed by atoms with Crippen molar-refractivity contribution in [3.63, 3.8) is 0 Å². The Balaban J connectivity index is 2.78. The molecule has 1 aromatic rings. The van der Waals surface area contributed by atoms with Crippen LogP contribution in [0.3, 0.4) is 0 Å². The third-order valence-electron chi connectivity index (χ3n) is 1.86. The number of halogens is 3. The summed E-state index contributed by atoms with van der Waals surface area (Å²) in [5.41, 5.74) is 0.570. The van der Waals surface area contributed by atoms with Crippen LogP contribution in [0.2, 0.25) is 0 Å². The van der Waals surface area contributed by atoms with Gasteiger partial charge in [-0.05, 0) is 17.7 Å². The van der Waals surface area contributed by atoms with E-state index in [4.69, 9.17) is 10.4 Å². The molecule has 2 nitrogen and oxygen atoms in total. The lowest BCUT2D eigenvalue weighted by molar-refractivity contribution is -0.203. The first-order valence-corrected chi connectivity index (χ1v) is 4.17. The van der Waals surface area contributed by atoms with Crippen LogP contribution in [0.4, 0.5) is 13.2 Å². The number of nitriles is 1. The average Bonchev–Trinajstić information content (AvgIpc) is 2.16. The van der Waals surface area contributed by atoms with Crippen LogP contribution in [0.15, 0.2) is 24.3 Å². The van der Waals surface area contributed by atoms with Gasteiger partial charge in [0.15, 0.2) is 6.10 Å². The van der Waals surface area contributed by atoms with Crippen molar-refractivity contribution in [1.82, 2.24) is 0 Å². The maximum Gasteiger partial charge on any atom is 0.414 e. The van der Waals surface area contributed by atoms with Gasteiger partial charge in [0, 0.05) is 6.42 Å². The van der Waals surface area contributed by atoms with Crippen LogP contribution in [0, 0.1) is 11.3 Å². The van der Waals surface area contributed by atoms with Gasteiger partial charge in [0.2, 0.25) is 0 Å². The highest BCUT2D eigenvalue weighted by molar-refractivity contribution is 5.33. The van der Waals surface area contributed by atoms with Crippen molar-refractivity contribution >= 4 is 0 Å². The predicted molar refractivity (Wildman–Crippen MR) is 46.9 cm³/mol. The van der Waals surface area contributed by atoms with E-state index in [0.29, 0.717) is 5.56 Å². The highest BCUT2D eigenvalue weighted by Crippen LogP contribution is 2.23. The molecule has 0 saturated carbocycles. The van der Waals surface area contributed by atoms with Crippen molar-refractivity contribution in [2.45, 2.75) is 18.7 Å². The molecule has 0 aliphatic carbocycles. The highest BCUT2D eigenvalue weighted by Gasteiger charge is 2.37. The number of rotatable bonds is 2. The first-order chi connectivity index (χ1) is 6.93. The van der Waals surface area contributed by atoms with E-state index in [0.717, 1.165) is 0 Å². The van der Waals surface area contributed by atoms with E-state index in [2.05, 4.69) is 0 Å². The van der Waals surface area contributed by atoms with Crippen LogP contribution in [-0.4, -0.2) is 17.4 Å². The van der Waals surface area contributed by atoms with E-state index >= 15 is 0 Å². The van der Waals surface area contributed by atoms with Crippen LogP contribution < -0.4 is 0 Å². The van der Waals surface area contributed by atoms with Gasteiger partial charge in [-0.3, -0.25) is 0 Å². The van der Waals surface area contributed by atoms with Crippen molar-refractivity contribution in [3.8, 4) is 6.07 Å². The van der Waals surface area contributed by atoms with Gasteiger partial charge >= 0.3 is 6.18 Å². The van der Waals surface area contributed by atoms with Gasteiger partial charge in [-0.25, -0.2) is 0 Å². The lowest BCUT2D eigenvalue weighted by Crippen LogP contribution is -2.30. The molecule has 1 unspecified atom stereocenters. The standard InChI is InChI=1S/C10H8F3NO/c11-10(12,13)9(15)5-7-2-1-3-8(4-7)6-14/h1-4,9,15H,5H2. The number of hydrogen-bond acceptors (Lipinski definition) is 2. The zero-order valence-electron chi connectivity index (χ0n) is 7.62. The lowest BCUT2D eigenvalue weighted by Gasteiger charge is -2.14. The fraction of sp³-hybridized carbons (Fsp3) is 0.300. The molecule has 0 radical (unpaired) electrons. The number of aliphatic hydroxyl groups excluding tert-OH is 1. The Morgan fingerprint density at radius 2 is 2.07 bits per heavy atom. The summed E-state index contributed by atoms with van der Waals surface area (Å²) in [5, 5.41) is 17.3. The number of nitrogens with zero attached hydrogens (tertiary/aromatic N) is 1. The summed E-state index contributed by atoms with van der Waals surface area (Å²) in [7, 11) is 0. The van der Waals surface area contributed by atoms with Gasteiger partial charge in [0.05, 0.1) is 11.6 Å². The molecule has 0 aromatic heterocycles. The molecule has 0 bridgehead atoms. The summed E-state index contributed by atoms with van der Waals surface area (Å²) in [6.07, 6.45) is -7.53. The molecule has 0 aliphatic rings. The smallest absolute Gasteiger partial charge is 0.383 e. The summed E-state index contributed by atoms with van der Waals surface area (Å²) in [6.45, 7) is 0. The van der Waals surface area contributed by atoms with Crippen molar-refractivity contribution in [1.29, 1.82) is 5.26 Å². The van der Waals surface area contributed by atoms with E-state index in [9.17, 15) is 13.2 Å². The van der Waals surface area contributed by atoms with Gasteiger partial charge in [0.25, 0.3) is 0 Å². The van der Waals surface area contributed by atoms with Crippen LogP contribution in [-0.2, 0) is 6.42 Å². The Hall–Kier alpha value is -1.54. The second-order valence-corrected chi connectivity index (χ2v) is 3.07. The molecular formula is C10H8F3NO. The van der Waals surface area contributed by atoms with Crippen LogP contribution in [0.5, 0.6) is 0 Å². The van der Waals surface area contributed by atoms with Crippen LogP contribution in [0.1, 0.15) is 11.1 Å². The maximum absolute atomic E-state index is 12.0. The quantitative estimate of drug-likeness (QED) is 0.820. The fourth-order valence-corrected chi connectivity index (χ4v) is 1.11. The van der Waals surface area contributed by atoms with Gasteiger partial charge in [-0.1, -0.05) is 12.1 Å². The molecule has 0 heterocycles. The Bertz CT molecular complexity index is 381. The average molecular weight is 215 g/mol. The number of benzene rings is 1. The maximum atomic E-state index is 12.0. The molecular weight excluding hydrogens is 207 g/mol. The molecule has 5 heteroatoms. The molecule has 0 spiro atoms. The zero-order valence-corrected chi connectivity index (χ0v) is 7.62. The second kappa shape index (κ2) is 4.32. The van der Waals surface area contributed by atoms with Gasteiger partial charge in [-0.15, -0.1) is 0 Å². The summed E-state index contributed by atoms with van der Waals surface area (Å²) in [4.78, 5) is 0. The molecule has 0 fully saturated rings. The Kier molecular flexibility index (Phi) is 3.32. The predicted octanol–water partition coefficient (Wildman–Crippen LogP) is 2.02. The minimum Gasteiger partial charge on any atom is -0.383 e. The van der Waals surface area contributed by atoms with Crippen LogP contribution in [0.25, 0.3) is 0 Å². The zero-order chi connectivity index (χ0) is 11.5. The summed E-state index contributed by atoms with van der Waals surface area (Å²) >= 11 is 0. The van der Waals surface area contributed by atoms with E-state index in [-0.39, 0.29) is 5.56 Å². The minimum atomic E-state index is -4.62. The Morgan fingerprint density at radius 1 is 1.40 bits per heavy atom. The Morgan fingerprint density at radius 3 is 2.60 bits per heavy atom. The second-order valence-electron chi connectivity index (χ2n) is 3.07. The summed E-state index contributed by atoms with van der Waals surface area (Å²) in [5.74, 6) is 0. The van der Waals surface area contributed by atoms with Gasteiger partial charge in [-0.2, -0.15) is 18.4 Å². The van der Waals surface area contributed by atoms with Crippen LogP contribution >= 0.6 is 0 Å². The molecule has 0 saturated heterocycles. The Labute approximate surface area is 84.6 Å². The number of hydrogen-bond donors (Lipinski definition) is 1. The molecule has 1 aromatic carbocycles. The topological polar surface area (TPSA) is 44.0 Å². The van der Waals surface area contributed by atoms with E-state index in [1.807, 2.05) is 6.07 Å². The minimum absolute atomic E-state index is 0.280. The molecule has 0 amide bonds. The SMILES string of the molecule is N#Cc1cccc(CC(O)C(F)(F)F)c1. The number of alkyl halides is 3. The van der Waals surface area contributed by atoms with E-state index in [1.165, 1.54) is 24.3 Å². The first-order valence-electron chi connectivity index (χ1n) is 4.17. The van der Waals surface area contributed by atoms with E-state index in [1.54, 1.807) is 0 Å². The summed E-state index contributed by atoms with van der Waals surface area (Å²) < 4.78 is 36.0. The third-order valence-corrected chi connectivity index (χ3v) is 1.86. The highest BCUT2D eigenvalue weighted by atomic mass is 19.4. The normalized spacial score (nSPS) is 13.3. The van der Waals surface area contributed by atoms with E-state index < -0.39 is 18.7 Å². The fourth-order valence-electron chi connectivity index (χ4n) is 1.11. The molecule has 15 heavy (non-hydrogen) atoms. The summed E-state index contributed by atoms with van der Waals surface area (Å²) in [6, 6.07) is 7.56. The van der Waals surface area contributed by atoms with Gasteiger partial charge < -0.3 is 5.11 Å². The van der Waals surface area contributed by atoms with Crippen molar-refractivity contribution in [2.75, 3.05) is 0 Å². The molecule has 1 N–H and O–H groups in total. The monoisotopic (exact) mass is 215 g/mol. The van der Waals surface area contributed by atoms with Crippen molar-refractivity contribution in [3.05, 3.63) is 35.4 Å². The lowest BCUT2D eigenvalue weighted by atomic mass is 10.1. The third kappa shape index (κ3) is 3.26. The van der Waals surface area contributed by atoms with Crippen molar-refractivity contribution in [2.24, 2.45) is 0 Å². The first kappa shape index (κ1) is 11.5. The molecule has 1 atom stereocenters. The van der Waals surface area contributed by atoms with Crippen molar-refractivity contribution < 1.29 is 18.3 Å².